The van der Waals surface area contributed by atoms with Crippen molar-refractivity contribution in [2.75, 3.05) is 58.5 Å². The zero-order chi connectivity index (χ0) is 18.6. The molecule has 0 aliphatic carbocycles. The fourth-order valence-corrected chi connectivity index (χ4v) is 3.94. The molecule has 144 valence electrons. The van der Waals surface area contributed by atoms with Gasteiger partial charge in [0.1, 0.15) is 5.82 Å². The number of piperazine rings is 1. The molecule has 27 heavy (non-hydrogen) atoms. The van der Waals surface area contributed by atoms with E-state index >= 15 is 0 Å². The summed E-state index contributed by atoms with van der Waals surface area (Å²) in [7, 11) is 3.36. The lowest BCUT2D eigenvalue weighted by Crippen LogP contribution is -2.48. The quantitative estimate of drug-likeness (QED) is 0.807. The summed E-state index contributed by atoms with van der Waals surface area (Å²) in [6, 6.07) is 10.3. The third kappa shape index (κ3) is 3.87. The third-order valence-electron chi connectivity index (χ3n) is 5.45. The molecule has 1 atom stereocenters. The highest BCUT2D eigenvalue weighted by molar-refractivity contribution is 5.49. The van der Waals surface area contributed by atoms with Crippen LogP contribution in [0.15, 0.2) is 36.5 Å². The summed E-state index contributed by atoms with van der Waals surface area (Å²) in [5.74, 6) is 2.63. The first-order valence-electron chi connectivity index (χ1n) is 9.53. The van der Waals surface area contributed by atoms with Gasteiger partial charge in [-0.25, -0.2) is 4.98 Å². The van der Waals surface area contributed by atoms with Crippen molar-refractivity contribution in [3.05, 3.63) is 47.7 Å². The lowest BCUT2D eigenvalue weighted by molar-refractivity contribution is 0.0146. The number of benzene rings is 1. The molecule has 3 heterocycles. The van der Waals surface area contributed by atoms with E-state index in [1.807, 2.05) is 18.3 Å². The van der Waals surface area contributed by atoms with Crippen LogP contribution in [0.4, 0.5) is 5.82 Å². The van der Waals surface area contributed by atoms with E-state index < -0.39 is 0 Å². The lowest BCUT2D eigenvalue weighted by atomic mass is 9.96. The van der Waals surface area contributed by atoms with Crippen LogP contribution in [-0.2, 0) is 11.2 Å². The van der Waals surface area contributed by atoms with Crippen molar-refractivity contribution in [1.29, 1.82) is 0 Å². The van der Waals surface area contributed by atoms with Crippen LogP contribution in [0.5, 0.6) is 11.5 Å². The fourth-order valence-electron chi connectivity index (χ4n) is 3.94. The topological polar surface area (TPSA) is 47.1 Å². The molecule has 6 heteroatoms. The molecule has 0 bridgehead atoms. The Morgan fingerprint density at radius 2 is 1.85 bits per heavy atom. The molecule has 6 nitrogen and oxygen atoms in total. The number of anilines is 1. The molecule has 0 N–H and O–H groups in total. The Morgan fingerprint density at radius 1 is 1.07 bits per heavy atom. The maximum atomic E-state index is 6.13. The number of aromatic nitrogens is 1. The van der Waals surface area contributed by atoms with Crippen LogP contribution in [-0.4, -0.2) is 63.4 Å². The van der Waals surface area contributed by atoms with Gasteiger partial charge in [-0.15, -0.1) is 0 Å². The molecular formula is C21H27N3O3. The molecule has 1 fully saturated rings. The van der Waals surface area contributed by atoms with Crippen molar-refractivity contribution in [3.63, 3.8) is 0 Å². The average molecular weight is 369 g/mol. The van der Waals surface area contributed by atoms with E-state index in [2.05, 4.69) is 33.0 Å². The predicted octanol–water partition coefficient (Wildman–Crippen LogP) is 2.53. The molecule has 0 saturated carbocycles. The zero-order valence-corrected chi connectivity index (χ0v) is 16.1. The van der Waals surface area contributed by atoms with Crippen molar-refractivity contribution >= 4 is 5.82 Å². The molecule has 0 radical (unpaired) electrons. The van der Waals surface area contributed by atoms with E-state index in [-0.39, 0.29) is 6.10 Å². The van der Waals surface area contributed by atoms with E-state index in [1.54, 1.807) is 14.2 Å². The Bertz CT molecular complexity index is 761. The van der Waals surface area contributed by atoms with E-state index in [4.69, 9.17) is 14.2 Å². The fraction of sp³-hybridized carbons (Fsp3) is 0.476. The second-order valence-corrected chi connectivity index (χ2v) is 6.99. The van der Waals surface area contributed by atoms with Gasteiger partial charge in [-0.05, 0) is 41.8 Å². The summed E-state index contributed by atoms with van der Waals surface area (Å²) in [5.41, 5.74) is 2.53. The Hall–Kier alpha value is -2.31. The van der Waals surface area contributed by atoms with Gasteiger partial charge in [0.15, 0.2) is 11.5 Å². The molecule has 0 amide bonds. The summed E-state index contributed by atoms with van der Waals surface area (Å²) in [6.07, 6.45) is 2.85. The van der Waals surface area contributed by atoms with Crippen molar-refractivity contribution in [1.82, 2.24) is 9.88 Å². The molecule has 1 aromatic carbocycles. The number of nitrogens with zero attached hydrogens (tertiary/aromatic N) is 3. The van der Waals surface area contributed by atoms with E-state index in [0.29, 0.717) is 0 Å². The maximum Gasteiger partial charge on any atom is 0.161 e. The van der Waals surface area contributed by atoms with Gasteiger partial charge in [-0.3, -0.25) is 4.90 Å². The maximum absolute atomic E-state index is 6.13. The minimum Gasteiger partial charge on any atom is -0.493 e. The van der Waals surface area contributed by atoms with E-state index in [0.717, 1.165) is 63.1 Å². The third-order valence-corrected chi connectivity index (χ3v) is 5.45. The Balaban J connectivity index is 1.43. The van der Waals surface area contributed by atoms with E-state index in [1.165, 1.54) is 11.1 Å². The predicted molar refractivity (Wildman–Crippen MR) is 105 cm³/mol. The Morgan fingerprint density at radius 3 is 2.56 bits per heavy atom. The summed E-state index contributed by atoms with van der Waals surface area (Å²) >= 11 is 0. The summed E-state index contributed by atoms with van der Waals surface area (Å²) < 4.78 is 17.1. The highest BCUT2D eigenvalue weighted by Gasteiger charge is 2.27. The molecule has 2 aliphatic heterocycles. The van der Waals surface area contributed by atoms with Crippen LogP contribution in [0, 0.1) is 0 Å². The van der Waals surface area contributed by atoms with Gasteiger partial charge in [0.05, 0.1) is 26.9 Å². The number of hydrogen-bond donors (Lipinski definition) is 0. The summed E-state index contributed by atoms with van der Waals surface area (Å²) in [6.45, 7) is 5.66. The first kappa shape index (κ1) is 18.1. The Kier molecular flexibility index (Phi) is 5.45. The van der Waals surface area contributed by atoms with Crippen molar-refractivity contribution < 1.29 is 14.2 Å². The number of pyridine rings is 1. The van der Waals surface area contributed by atoms with Gasteiger partial charge < -0.3 is 19.1 Å². The molecule has 0 spiro atoms. The lowest BCUT2D eigenvalue weighted by Gasteiger charge is -2.38. The monoisotopic (exact) mass is 369 g/mol. The number of hydrogen-bond acceptors (Lipinski definition) is 6. The average Bonchev–Trinajstić information content (AvgIpc) is 2.74. The van der Waals surface area contributed by atoms with Crippen LogP contribution >= 0.6 is 0 Å². The normalized spacial score (nSPS) is 20.2. The van der Waals surface area contributed by atoms with Gasteiger partial charge in [-0.2, -0.15) is 0 Å². The van der Waals surface area contributed by atoms with Gasteiger partial charge in [0, 0.05) is 38.9 Å². The van der Waals surface area contributed by atoms with Crippen LogP contribution in [0.25, 0.3) is 0 Å². The van der Waals surface area contributed by atoms with Crippen LogP contribution in [0.1, 0.15) is 17.2 Å². The molecule has 4 rings (SSSR count). The number of fused-ring (bicyclic) bond motifs is 1. The van der Waals surface area contributed by atoms with Crippen LogP contribution in [0.2, 0.25) is 0 Å². The first-order chi connectivity index (χ1) is 13.3. The Labute approximate surface area is 160 Å². The van der Waals surface area contributed by atoms with Crippen molar-refractivity contribution in [2.24, 2.45) is 0 Å². The summed E-state index contributed by atoms with van der Waals surface area (Å²) in [4.78, 5) is 9.29. The van der Waals surface area contributed by atoms with Crippen LogP contribution < -0.4 is 14.4 Å². The largest absolute Gasteiger partial charge is 0.493 e. The first-order valence-corrected chi connectivity index (χ1v) is 9.53. The second kappa shape index (κ2) is 8.15. The molecule has 2 aliphatic rings. The van der Waals surface area contributed by atoms with E-state index in [9.17, 15) is 0 Å². The highest BCUT2D eigenvalue weighted by atomic mass is 16.5. The second-order valence-electron chi connectivity index (χ2n) is 6.99. The zero-order valence-electron chi connectivity index (χ0n) is 16.1. The minimum absolute atomic E-state index is 0.0787. The summed E-state index contributed by atoms with van der Waals surface area (Å²) in [5, 5.41) is 0. The van der Waals surface area contributed by atoms with Gasteiger partial charge in [-0.1, -0.05) is 6.07 Å². The van der Waals surface area contributed by atoms with Gasteiger partial charge in [0.25, 0.3) is 0 Å². The molecular weight excluding hydrogens is 342 g/mol. The standard InChI is InChI=1S/C21H27N3O3/c1-25-18-13-16-6-12-27-20(17(16)14-19(18)26-2)15-23-8-10-24(11-9-23)21-5-3-4-7-22-21/h3-5,7,13-14,20H,6,8-12,15H2,1-2H3. The van der Waals surface area contributed by atoms with Crippen LogP contribution in [0.3, 0.4) is 0 Å². The molecule has 2 aromatic rings. The van der Waals surface area contributed by atoms with Gasteiger partial charge >= 0.3 is 0 Å². The smallest absolute Gasteiger partial charge is 0.161 e. The number of methoxy groups -OCH3 is 2. The van der Waals surface area contributed by atoms with Gasteiger partial charge in [0.2, 0.25) is 0 Å². The number of rotatable bonds is 5. The highest BCUT2D eigenvalue weighted by Crippen LogP contribution is 2.37. The number of ether oxygens (including phenoxy) is 3. The molecule has 1 unspecified atom stereocenters. The SMILES string of the molecule is COc1cc2c(cc1OC)C(CN1CCN(c3ccccn3)CC1)OCC2. The molecule has 1 aromatic heterocycles. The van der Waals surface area contributed by atoms with Crippen molar-refractivity contribution in [2.45, 2.75) is 12.5 Å². The minimum atomic E-state index is 0.0787. The van der Waals surface area contributed by atoms with Crippen molar-refractivity contribution in [3.8, 4) is 11.5 Å². The molecule has 1 saturated heterocycles.